The molecular weight excluding hydrogens is 250 g/mol. The number of rotatable bonds is 2. The lowest BCUT2D eigenvalue weighted by molar-refractivity contribution is -0.125. The van der Waals surface area contributed by atoms with Crippen LogP contribution in [-0.2, 0) is 11.2 Å². The van der Waals surface area contributed by atoms with Crippen molar-refractivity contribution in [2.24, 2.45) is 0 Å². The summed E-state index contributed by atoms with van der Waals surface area (Å²) in [5.41, 5.74) is -1.92. The van der Waals surface area contributed by atoms with Crippen LogP contribution >= 0.6 is 0 Å². The van der Waals surface area contributed by atoms with Crippen LogP contribution < -0.4 is 0 Å². The van der Waals surface area contributed by atoms with Gasteiger partial charge in [-0.25, -0.2) is 8.78 Å². The maximum Gasteiger partial charge on any atom is 0.126 e. The molecule has 1 aromatic carbocycles. The van der Waals surface area contributed by atoms with Crippen molar-refractivity contribution in [2.75, 3.05) is 0 Å². The molecule has 19 heavy (non-hydrogen) atoms. The van der Waals surface area contributed by atoms with Crippen molar-refractivity contribution >= 4 is 0 Å². The van der Waals surface area contributed by atoms with Crippen molar-refractivity contribution in [1.82, 2.24) is 0 Å². The molecule has 1 aliphatic rings. The number of benzene rings is 1. The zero-order valence-corrected chi connectivity index (χ0v) is 11.8. The Balaban J connectivity index is 2.31. The topological polar surface area (TPSA) is 29.5 Å². The molecule has 2 rings (SSSR count). The zero-order valence-electron chi connectivity index (χ0n) is 11.8. The molecule has 1 saturated heterocycles. The van der Waals surface area contributed by atoms with E-state index in [-0.39, 0.29) is 6.42 Å². The molecule has 0 spiro atoms. The van der Waals surface area contributed by atoms with Crippen LogP contribution in [0.2, 0.25) is 0 Å². The first-order chi connectivity index (χ1) is 8.53. The lowest BCUT2D eigenvalue weighted by Crippen LogP contribution is -2.48. The van der Waals surface area contributed by atoms with Crippen molar-refractivity contribution < 1.29 is 18.6 Å². The average Bonchev–Trinajstić information content (AvgIpc) is 2.26. The number of hydrogen-bond donors (Lipinski definition) is 1. The molecule has 1 atom stereocenters. The van der Waals surface area contributed by atoms with Crippen LogP contribution in [-0.4, -0.2) is 21.9 Å². The van der Waals surface area contributed by atoms with Crippen molar-refractivity contribution in [3.8, 4) is 0 Å². The highest BCUT2D eigenvalue weighted by Crippen LogP contribution is 2.46. The maximum absolute atomic E-state index is 13.2. The number of aliphatic hydroxyl groups is 1. The summed E-state index contributed by atoms with van der Waals surface area (Å²) in [6.07, 6.45) is 0.587. The predicted molar refractivity (Wildman–Crippen MR) is 68.9 cm³/mol. The highest BCUT2D eigenvalue weighted by Gasteiger charge is 2.56. The molecule has 106 valence electrons. The molecule has 0 radical (unpaired) electrons. The molecule has 0 amide bonds. The number of ether oxygens (including phenoxy) is 1. The molecule has 0 aromatic heterocycles. The molecule has 4 heteroatoms. The van der Waals surface area contributed by atoms with Crippen molar-refractivity contribution in [3.05, 3.63) is 35.4 Å². The summed E-state index contributed by atoms with van der Waals surface area (Å²) >= 11 is 0. The summed E-state index contributed by atoms with van der Waals surface area (Å²) in [5, 5.41) is 10.8. The monoisotopic (exact) mass is 270 g/mol. The minimum absolute atomic E-state index is 0.165. The Labute approximate surface area is 112 Å². The molecule has 0 bridgehead atoms. The van der Waals surface area contributed by atoms with E-state index in [2.05, 4.69) is 0 Å². The Morgan fingerprint density at radius 1 is 1.11 bits per heavy atom. The Bertz CT molecular complexity index is 477. The van der Waals surface area contributed by atoms with Gasteiger partial charge in [-0.3, -0.25) is 0 Å². The van der Waals surface area contributed by atoms with Gasteiger partial charge >= 0.3 is 0 Å². The summed E-state index contributed by atoms with van der Waals surface area (Å²) in [6.45, 7) is 7.41. The summed E-state index contributed by atoms with van der Waals surface area (Å²) in [4.78, 5) is 0. The van der Waals surface area contributed by atoms with E-state index in [1.807, 2.05) is 13.8 Å². The van der Waals surface area contributed by atoms with Gasteiger partial charge in [0.15, 0.2) is 0 Å². The standard InChI is InChI=1S/C15H20F2O2/c1-13(2)9-15(18,14(3,4)19-13)8-10-5-11(16)7-12(17)6-10/h5-7,18H,8-9H2,1-4H3. The second-order valence-electron chi connectivity index (χ2n) is 6.53. The first-order valence-electron chi connectivity index (χ1n) is 6.41. The smallest absolute Gasteiger partial charge is 0.126 e. The van der Waals surface area contributed by atoms with E-state index >= 15 is 0 Å². The van der Waals surface area contributed by atoms with E-state index in [0.29, 0.717) is 12.0 Å². The normalized spacial score (nSPS) is 28.6. The van der Waals surface area contributed by atoms with Gasteiger partial charge in [-0.2, -0.15) is 0 Å². The van der Waals surface area contributed by atoms with Gasteiger partial charge in [-0.05, 0) is 45.4 Å². The SMILES string of the molecule is CC1(C)CC(O)(Cc2cc(F)cc(F)c2)C(C)(C)O1. The molecule has 1 aliphatic heterocycles. The van der Waals surface area contributed by atoms with E-state index in [4.69, 9.17) is 4.74 Å². The van der Waals surface area contributed by atoms with Gasteiger partial charge < -0.3 is 9.84 Å². The Hall–Kier alpha value is -1.00. The highest BCUT2D eigenvalue weighted by molar-refractivity contribution is 5.22. The summed E-state index contributed by atoms with van der Waals surface area (Å²) in [6, 6.07) is 3.33. The van der Waals surface area contributed by atoms with E-state index < -0.39 is 28.4 Å². The first-order valence-corrected chi connectivity index (χ1v) is 6.41. The van der Waals surface area contributed by atoms with Gasteiger partial charge in [0.25, 0.3) is 0 Å². The molecule has 1 unspecified atom stereocenters. The third-order valence-electron chi connectivity index (χ3n) is 3.79. The molecule has 0 aliphatic carbocycles. The van der Waals surface area contributed by atoms with E-state index in [1.165, 1.54) is 12.1 Å². The summed E-state index contributed by atoms with van der Waals surface area (Å²) in [5.74, 6) is -1.26. The highest BCUT2D eigenvalue weighted by atomic mass is 19.1. The minimum Gasteiger partial charge on any atom is -0.386 e. The van der Waals surface area contributed by atoms with Crippen molar-refractivity contribution in [1.29, 1.82) is 0 Å². The number of hydrogen-bond acceptors (Lipinski definition) is 2. The fourth-order valence-electron chi connectivity index (χ4n) is 3.07. The Morgan fingerprint density at radius 3 is 2.05 bits per heavy atom. The average molecular weight is 270 g/mol. The number of halogens is 2. The van der Waals surface area contributed by atoms with Crippen LogP contribution in [0.25, 0.3) is 0 Å². The lowest BCUT2D eigenvalue weighted by Gasteiger charge is -2.35. The molecule has 1 N–H and O–H groups in total. The molecule has 0 saturated carbocycles. The predicted octanol–water partition coefficient (Wildman–Crippen LogP) is 3.22. The first kappa shape index (κ1) is 14.4. The van der Waals surface area contributed by atoms with Gasteiger partial charge in [0, 0.05) is 18.9 Å². The van der Waals surface area contributed by atoms with Gasteiger partial charge in [0.05, 0.1) is 16.8 Å². The molecule has 1 heterocycles. The van der Waals surface area contributed by atoms with E-state index in [1.54, 1.807) is 13.8 Å². The van der Waals surface area contributed by atoms with E-state index in [0.717, 1.165) is 6.07 Å². The zero-order chi connectivity index (χ0) is 14.5. The van der Waals surface area contributed by atoms with Crippen molar-refractivity contribution in [3.63, 3.8) is 0 Å². The second-order valence-corrected chi connectivity index (χ2v) is 6.53. The molecular formula is C15H20F2O2. The quantitative estimate of drug-likeness (QED) is 0.894. The van der Waals surface area contributed by atoms with Crippen LogP contribution in [0.4, 0.5) is 8.78 Å². The Kier molecular flexibility index (Phi) is 3.22. The van der Waals surface area contributed by atoms with Gasteiger partial charge in [-0.15, -0.1) is 0 Å². The van der Waals surface area contributed by atoms with E-state index in [9.17, 15) is 13.9 Å². The third kappa shape index (κ3) is 2.79. The maximum atomic E-state index is 13.2. The van der Waals surface area contributed by atoms with Crippen LogP contribution in [0.5, 0.6) is 0 Å². The van der Waals surface area contributed by atoms with Crippen LogP contribution in [0.1, 0.15) is 39.7 Å². The van der Waals surface area contributed by atoms with Crippen LogP contribution in [0.3, 0.4) is 0 Å². The van der Waals surface area contributed by atoms with Gasteiger partial charge in [0.1, 0.15) is 11.6 Å². The fourth-order valence-corrected chi connectivity index (χ4v) is 3.07. The molecule has 1 fully saturated rings. The van der Waals surface area contributed by atoms with Crippen LogP contribution in [0, 0.1) is 11.6 Å². The minimum atomic E-state index is -1.14. The van der Waals surface area contributed by atoms with Crippen LogP contribution in [0.15, 0.2) is 18.2 Å². The molecule has 2 nitrogen and oxygen atoms in total. The summed E-state index contributed by atoms with van der Waals surface area (Å²) < 4.78 is 32.3. The van der Waals surface area contributed by atoms with Gasteiger partial charge in [0.2, 0.25) is 0 Å². The third-order valence-corrected chi connectivity index (χ3v) is 3.79. The Morgan fingerprint density at radius 2 is 1.63 bits per heavy atom. The van der Waals surface area contributed by atoms with Gasteiger partial charge in [-0.1, -0.05) is 0 Å². The summed E-state index contributed by atoms with van der Waals surface area (Å²) in [7, 11) is 0. The lowest BCUT2D eigenvalue weighted by atomic mass is 9.78. The molecule has 1 aromatic rings. The van der Waals surface area contributed by atoms with Crippen molar-refractivity contribution in [2.45, 2.75) is 57.3 Å². The largest absolute Gasteiger partial charge is 0.386 e. The fraction of sp³-hybridized carbons (Fsp3) is 0.600. The second kappa shape index (κ2) is 4.25.